The summed E-state index contributed by atoms with van der Waals surface area (Å²) in [6, 6.07) is 0. The maximum atomic E-state index is 5.86. The lowest BCUT2D eigenvalue weighted by atomic mass is 9.84. The second-order valence-corrected chi connectivity index (χ2v) is 7.21. The standard InChI is InChI=1S/C20H44N2/c1-4-7-8-9-10-11-12-13-14-15-16-19-20(22-21,17-5-2)18-6-3/h22H,4-19,21H2,1-3H3. The fourth-order valence-electron chi connectivity index (χ4n) is 3.68. The first-order valence-electron chi connectivity index (χ1n) is 10.2. The molecule has 0 spiro atoms. The maximum absolute atomic E-state index is 5.86. The summed E-state index contributed by atoms with van der Waals surface area (Å²) in [5, 5.41) is 0. The van der Waals surface area contributed by atoms with Crippen LogP contribution < -0.4 is 11.3 Å². The van der Waals surface area contributed by atoms with Crippen LogP contribution in [0.3, 0.4) is 0 Å². The Labute approximate surface area is 141 Å². The van der Waals surface area contributed by atoms with Crippen LogP contribution in [0, 0.1) is 0 Å². The highest BCUT2D eigenvalue weighted by atomic mass is 15.3. The van der Waals surface area contributed by atoms with Crippen LogP contribution in [0.25, 0.3) is 0 Å². The fraction of sp³-hybridized carbons (Fsp3) is 1.00. The maximum Gasteiger partial charge on any atom is 0.0321 e. The molecule has 0 heterocycles. The summed E-state index contributed by atoms with van der Waals surface area (Å²) in [6.45, 7) is 6.82. The van der Waals surface area contributed by atoms with Gasteiger partial charge in [-0.15, -0.1) is 0 Å². The van der Waals surface area contributed by atoms with E-state index in [0.717, 1.165) is 0 Å². The first-order valence-corrected chi connectivity index (χ1v) is 10.2. The molecule has 22 heavy (non-hydrogen) atoms. The normalized spacial score (nSPS) is 12.0. The summed E-state index contributed by atoms with van der Waals surface area (Å²) in [6.07, 6.45) is 21.7. The number of hydrogen-bond acceptors (Lipinski definition) is 2. The molecular formula is C20H44N2. The Morgan fingerprint density at radius 2 is 0.955 bits per heavy atom. The molecule has 0 fully saturated rings. The van der Waals surface area contributed by atoms with Gasteiger partial charge in [-0.3, -0.25) is 11.3 Å². The van der Waals surface area contributed by atoms with E-state index in [0.29, 0.717) is 0 Å². The van der Waals surface area contributed by atoms with Gasteiger partial charge in [-0.05, 0) is 19.3 Å². The van der Waals surface area contributed by atoms with Gasteiger partial charge in [-0.1, -0.05) is 104 Å². The van der Waals surface area contributed by atoms with E-state index in [1.165, 1.54) is 103 Å². The van der Waals surface area contributed by atoms with Crippen LogP contribution >= 0.6 is 0 Å². The van der Waals surface area contributed by atoms with Crippen molar-refractivity contribution in [3.05, 3.63) is 0 Å². The highest BCUT2D eigenvalue weighted by Crippen LogP contribution is 2.26. The van der Waals surface area contributed by atoms with Crippen molar-refractivity contribution in [2.45, 2.75) is 129 Å². The lowest BCUT2D eigenvalue weighted by molar-refractivity contribution is 0.250. The highest BCUT2D eigenvalue weighted by Gasteiger charge is 2.25. The zero-order valence-electron chi connectivity index (χ0n) is 15.9. The summed E-state index contributed by atoms with van der Waals surface area (Å²) < 4.78 is 0. The van der Waals surface area contributed by atoms with Crippen molar-refractivity contribution in [1.29, 1.82) is 0 Å². The first kappa shape index (κ1) is 21.9. The zero-order chi connectivity index (χ0) is 16.5. The molecule has 0 bridgehead atoms. The molecule has 2 heteroatoms. The molecule has 0 saturated heterocycles. The average molecular weight is 313 g/mol. The second-order valence-electron chi connectivity index (χ2n) is 7.21. The molecule has 0 amide bonds. The summed E-state index contributed by atoms with van der Waals surface area (Å²) >= 11 is 0. The molecule has 0 radical (unpaired) electrons. The van der Waals surface area contributed by atoms with E-state index in [-0.39, 0.29) is 5.54 Å². The Kier molecular flexibility index (Phi) is 15.7. The molecule has 134 valence electrons. The van der Waals surface area contributed by atoms with Crippen LogP contribution in [0.4, 0.5) is 0 Å². The Morgan fingerprint density at radius 3 is 1.32 bits per heavy atom. The molecule has 0 aliphatic heterocycles. The molecule has 0 aliphatic rings. The third kappa shape index (κ3) is 11.5. The molecule has 0 rings (SSSR count). The number of nitrogens with one attached hydrogen (secondary N) is 1. The van der Waals surface area contributed by atoms with Gasteiger partial charge >= 0.3 is 0 Å². The monoisotopic (exact) mass is 312 g/mol. The van der Waals surface area contributed by atoms with Crippen LogP contribution in [-0.4, -0.2) is 5.54 Å². The van der Waals surface area contributed by atoms with E-state index in [1.54, 1.807) is 0 Å². The number of hydrazine groups is 1. The lowest BCUT2D eigenvalue weighted by Crippen LogP contribution is -2.49. The van der Waals surface area contributed by atoms with Gasteiger partial charge in [0.1, 0.15) is 0 Å². The minimum atomic E-state index is 0.211. The molecule has 3 N–H and O–H groups in total. The summed E-state index contributed by atoms with van der Waals surface area (Å²) in [4.78, 5) is 0. The highest BCUT2D eigenvalue weighted by molar-refractivity contribution is 4.85. The Balaban J connectivity index is 3.53. The van der Waals surface area contributed by atoms with Gasteiger partial charge in [0.2, 0.25) is 0 Å². The second kappa shape index (κ2) is 15.8. The van der Waals surface area contributed by atoms with Crippen molar-refractivity contribution in [3.63, 3.8) is 0 Å². The Bertz CT molecular complexity index is 210. The molecule has 0 aromatic carbocycles. The van der Waals surface area contributed by atoms with Crippen molar-refractivity contribution >= 4 is 0 Å². The van der Waals surface area contributed by atoms with Crippen LogP contribution in [0.1, 0.15) is 124 Å². The van der Waals surface area contributed by atoms with Gasteiger partial charge in [0.25, 0.3) is 0 Å². The molecule has 0 saturated carbocycles. The van der Waals surface area contributed by atoms with Gasteiger partial charge in [0.15, 0.2) is 0 Å². The van der Waals surface area contributed by atoms with Crippen LogP contribution in [0.5, 0.6) is 0 Å². The minimum absolute atomic E-state index is 0.211. The summed E-state index contributed by atoms with van der Waals surface area (Å²) in [5.74, 6) is 5.86. The predicted octanol–water partition coefficient (Wildman–Crippen LogP) is 6.49. The molecule has 0 aromatic rings. The SMILES string of the molecule is CCCCCCCCCCCCCC(CCC)(CCC)NN. The van der Waals surface area contributed by atoms with E-state index in [4.69, 9.17) is 5.84 Å². The molecule has 0 aromatic heterocycles. The molecule has 0 unspecified atom stereocenters. The lowest BCUT2D eigenvalue weighted by Gasteiger charge is -2.33. The number of unbranched alkanes of at least 4 members (excludes halogenated alkanes) is 10. The minimum Gasteiger partial charge on any atom is -0.271 e. The number of hydrogen-bond donors (Lipinski definition) is 2. The van der Waals surface area contributed by atoms with Gasteiger partial charge in [0, 0.05) is 5.54 Å². The Hall–Kier alpha value is -0.0800. The van der Waals surface area contributed by atoms with E-state index in [2.05, 4.69) is 26.2 Å². The topological polar surface area (TPSA) is 38.0 Å². The van der Waals surface area contributed by atoms with E-state index < -0.39 is 0 Å². The summed E-state index contributed by atoms with van der Waals surface area (Å²) in [7, 11) is 0. The van der Waals surface area contributed by atoms with Gasteiger partial charge in [-0.25, -0.2) is 0 Å². The van der Waals surface area contributed by atoms with Crippen molar-refractivity contribution in [2.75, 3.05) is 0 Å². The van der Waals surface area contributed by atoms with E-state index in [1.807, 2.05) is 0 Å². The average Bonchev–Trinajstić information content (AvgIpc) is 2.53. The van der Waals surface area contributed by atoms with Gasteiger partial charge < -0.3 is 0 Å². The van der Waals surface area contributed by atoms with Crippen molar-refractivity contribution in [1.82, 2.24) is 5.43 Å². The molecule has 0 aliphatic carbocycles. The first-order chi connectivity index (χ1) is 10.7. The molecule has 0 atom stereocenters. The van der Waals surface area contributed by atoms with Crippen molar-refractivity contribution < 1.29 is 0 Å². The number of nitrogens with two attached hydrogens (primary N) is 1. The largest absolute Gasteiger partial charge is 0.271 e. The smallest absolute Gasteiger partial charge is 0.0321 e. The fourth-order valence-corrected chi connectivity index (χ4v) is 3.68. The van der Waals surface area contributed by atoms with Crippen LogP contribution in [0.2, 0.25) is 0 Å². The predicted molar refractivity (Wildman–Crippen MR) is 101 cm³/mol. The van der Waals surface area contributed by atoms with Crippen molar-refractivity contribution in [2.24, 2.45) is 5.84 Å². The van der Waals surface area contributed by atoms with Crippen molar-refractivity contribution in [3.8, 4) is 0 Å². The van der Waals surface area contributed by atoms with E-state index >= 15 is 0 Å². The quantitative estimate of drug-likeness (QED) is 0.183. The Morgan fingerprint density at radius 1 is 0.545 bits per heavy atom. The summed E-state index contributed by atoms with van der Waals surface area (Å²) in [5.41, 5.74) is 3.36. The van der Waals surface area contributed by atoms with E-state index in [9.17, 15) is 0 Å². The van der Waals surface area contributed by atoms with Gasteiger partial charge in [-0.2, -0.15) is 0 Å². The van der Waals surface area contributed by atoms with Gasteiger partial charge in [0.05, 0.1) is 0 Å². The molecule has 2 nitrogen and oxygen atoms in total. The third-order valence-electron chi connectivity index (χ3n) is 5.02. The zero-order valence-corrected chi connectivity index (χ0v) is 15.9. The molecular weight excluding hydrogens is 268 g/mol. The van der Waals surface area contributed by atoms with Crippen LogP contribution in [-0.2, 0) is 0 Å². The van der Waals surface area contributed by atoms with Crippen LogP contribution in [0.15, 0.2) is 0 Å². The third-order valence-corrected chi connectivity index (χ3v) is 5.02. The number of rotatable bonds is 17.